The molecule has 0 fully saturated rings. The highest BCUT2D eigenvalue weighted by Gasteiger charge is 2.23. The molecule has 3 rings (SSSR count). The summed E-state index contributed by atoms with van der Waals surface area (Å²) >= 11 is 0. The molecular formula is C19H19N5O3. The van der Waals surface area contributed by atoms with Crippen molar-refractivity contribution in [2.75, 3.05) is 11.1 Å². The van der Waals surface area contributed by atoms with E-state index in [1.165, 1.54) is 6.33 Å². The van der Waals surface area contributed by atoms with Crippen molar-refractivity contribution >= 4 is 23.4 Å². The normalized spacial score (nSPS) is 11.7. The number of hydrogen-bond acceptors (Lipinski definition) is 5. The molecule has 1 atom stereocenters. The van der Waals surface area contributed by atoms with Crippen molar-refractivity contribution in [2.24, 2.45) is 0 Å². The molecule has 0 aliphatic carbocycles. The number of nitrogens with zero attached hydrogens (tertiary/aromatic N) is 3. The minimum Gasteiger partial charge on any atom is -0.481 e. The number of amides is 1. The Balaban J connectivity index is 1.67. The Hall–Kier alpha value is -3.68. The average Bonchev–Trinajstić information content (AvgIpc) is 3.09. The summed E-state index contributed by atoms with van der Waals surface area (Å²) in [5.41, 5.74) is 7.37. The number of nitrogens with two attached hydrogens (primary N) is 1. The second-order valence-corrected chi connectivity index (χ2v) is 6.07. The van der Waals surface area contributed by atoms with Crippen molar-refractivity contribution in [2.45, 2.75) is 18.9 Å². The monoisotopic (exact) mass is 365 g/mol. The molecule has 1 unspecified atom stereocenters. The zero-order valence-electron chi connectivity index (χ0n) is 14.4. The lowest BCUT2D eigenvalue weighted by Gasteiger charge is -2.10. The highest BCUT2D eigenvalue weighted by atomic mass is 16.4. The van der Waals surface area contributed by atoms with Crippen LogP contribution in [0.1, 0.15) is 17.2 Å². The van der Waals surface area contributed by atoms with Crippen molar-refractivity contribution in [3.05, 3.63) is 72.4 Å². The Bertz CT molecular complexity index is 922. The number of carbonyl (C=O) groups is 2. The van der Waals surface area contributed by atoms with Crippen LogP contribution in [0.4, 0.5) is 11.5 Å². The van der Waals surface area contributed by atoms with Gasteiger partial charge in [0.25, 0.3) is 0 Å². The quantitative estimate of drug-likeness (QED) is 0.588. The molecule has 0 aliphatic heterocycles. The van der Waals surface area contributed by atoms with E-state index in [0.29, 0.717) is 17.2 Å². The highest BCUT2D eigenvalue weighted by Crippen LogP contribution is 2.20. The molecule has 8 heteroatoms. The first-order valence-corrected chi connectivity index (χ1v) is 8.31. The third-order valence-electron chi connectivity index (χ3n) is 3.98. The molecule has 0 aliphatic rings. The van der Waals surface area contributed by atoms with Crippen LogP contribution in [0, 0.1) is 0 Å². The zero-order valence-corrected chi connectivity index (χ0v) is 14.4. The molecule has 8 nitrogen and oxygen atoms in total. The van der Waals surface area contributed by atoms with Crippen LogP contribution in [0.5, 0.6) is 0 Å². The van der Waals surface area contributed by atoms with E-state index in [0.717, 1.165) is 5.56 Å². The van der Waals surface area contributed by atoms with Crippen LogP contribution in [0.2, 0.25) is 0 Å². The number of hydrogen-bond donors (Lipinski definition) is 3. The first kappa shape index (κ1) is 18.1. The number of carboxylic acid groups (broad SMARTS) is 1. The average molecular weight is 365 g/mol. The summed E-state index contributed by atoms with van der Waals surface area (Å²) in [5.74, 6) is -1.68. The number of aliphatic carboxylic acids is 1. The summed E-state index contributed by atoms with van der Waals surface area (Å²) in [4.78, 5) is 31.9. The molecule has 0 radical (unpaired) electrons. The largest absolute Gasteiger partial charge is 0.481 e. The summed E-state index contributed by atoms with van der Waals surface area (Å²) in [7, 11) is 0. The fraction of sp³-hybridized carbons (Fsp3) is 0.158. The molecule has 1 aromatic carbocycles. The molecule has 0 bridgehead atoms. The Morgan fingerprint density at radius 2 is 1.93 bits per heavy atom. The maximum Gasteiger partial charge on any atom is 0.312 e. The van der Waals surface area contributed by atoms with Gasteiger partial charge in [0.1, 0.15) is 18.3 Å². The fourth-order valence-corrected chi connectivity index (χ4v) is 2.64. The molecule has 2 aromatic heterocycles. The van der Waals surface area contributed by atoms with Gasteiger partial charge in [-0.1, -0.05) is 24.3 Å². The van der Waals surface area contributed by atoms with Crippen LogP contribution in [0.3, 0.4) is 0 Å². The van der Waals surface area contributed by atoms with Crippen LogP contribution in [-0.2, 0) is 22.6 Å². The highest BCUT2D eigenvalue weighted by molar-refractivity contribution is 5.90. The lowest BCUT2D eigenvalue weighted by atomic mass is 9.98. The lowest BCUT2D eigenvalue weighted by molar-refractivity contribution is -0.138. The van der Waals surface area contributed by atoms with Gasteiger partial charge in [-0.25, -0.2) is 9.97 Å². The maximum absolute atomic E-state index is 12.1. The first-order chi connectivity index (χ1) is 13.0. The van der Waals surface area contributed by atoms with Gasteiger partial charge < -0.3 is 20.7 Å². The number of rotatable bonds is 7. The number of aromatic nitrogens is 3. The Labute approximate surface area is 155 Å². The topological polar surface area (TPSA) is 123 Å². The molecule has 138 valence electrons. The third-order valence-corrected chi connectivity index (χ3v) is 3.98. The van der Waals surface area contributed by atoms with Crippen molar-refractivity contribution in [1.29, 1.82) is 0 Å². The van der Waals surface area contributed by atoms with E-state index in [1.54, 1.807) is 41.2 Å². The van der Waals surface area contributed by atoms with Crippen molar-refractivity contribution in [1.82, 2.24) is 14.5 Å². The van der Waals surface area contributed by atoms with Gasteiger partial charge in [0.05, 0.1) is 12.0 Å². The number of para-hydroxylation sites is 1. The van der Waals surface area contributed by atoms with Crippen LogP contribution >= 0.6 is 0 Å². The van der Waals surface area contributed by atoms with Crippen LogP contribution in [0.25, 0.3) is 0 Å². The first-order valence-electron chi connectivity index (χ1n) is 8.31. The smallest absolute Gasteiger partial charge is 0.312 e. The Kier molecular flexibility index (Phi) is 5.46. The Morgan fingerprint density at radius 3 is 2.59 bits per heavy atom. The van der Waals surface area contributed by atoms with E-state index < -0.39 is 11.9 Å². The number of nitrogen functional groups attached to an aromatic ring is 1. The van der Waals surface area contributed by atoms with Crippen molar-refractivity contribution in [3.8, 4) is 0 Å². The van der Waals surface area contributed by atoms with E-state index in [9.17, 15) is 14.7 Å². The van der Waals surface area contributed by atoms with Gasteiger partial charge >= 0.3 is 5.97 Å². The zero-order chi connectivity index (χ0) is 19.2. The van der Waals surface area contributed by atoms with Gasteiger partial charge in [-0.05, 0) is 30.2 Å². The molecule has 4 N–H and O–H groups in total. The molecule has 3 aromatic rings. The molecule has 2 heterocycles. The van der Waals surface area contributed by atoms with E-state index in [4.69, 9.17) is 5.73 Å². The van der Waals surface area contributed by atoms with Crippen LogP contribution in [-0.4, -0.2) is 31.5 Å². The molecule has 0 spiro atoms. The van der Waals surface area contributed by atoms with E-state index >= 15 is 0 Å². The summed E-state index contributed by atoms with van der Waals surface area (Å²) in [5, 5.41) is 12.3. The van der Waals surface area contributed by atoms with Gasteiger partial charge in [0, 0.05) is 18.1 Å². The maximum atomic E-state index is 12.1. The van der Waals surface area contributed by atoms with Gasteiger partial charge in [0.2, 0.25) is 5.91 Å². The number of pyridine rings is 1. The number of imidazole rings is 1. The molecular weight excluding hydrogens is 346 g/mol. The minimum atomic E-state index is -0.995. The van der Waals surface area contributed by atoms with Crippen molar-refractivity contribution in [3.63, 3.8) is 0 Å². The second-order valence-electron chi connectivity index (χ2n) is 6.07. The summed E-state index contributed by atoms with van der Waals surface area (Å²) < 4.78 is 1.56. The van der Waals surface area contributed by atoms with E-state index in [-0.39, 0.29) is 18.9 Å². The standard InChI is InChI=1S/C19H19N5O3/c20-17-7-6-13(9-21-17)8-15(19(26)27)16-10-24(12-22-16)11-18(25)23-14-4-2-1-3-5-14/h1-7,9-10,12,15H,8,11H2,(H2,20,21)(H,23,25)(H,26,27). The van der Waals surface area contributed by atoms with Gasteiger partial charge in [0.15, 0.2) is 0 Å². The number of nitrogens with one attached hydrogen (secondary N) is 1. The molecule has 0 saturated carbocycles. The predicted octanol–water partition coefficient (Wildman–Crippen LogP) is 1.91. The van der Waals surface area contributed by atoms with Crippen LogP contribution < -0.4 is 11.1 Å². The number of benzene rings is 1. The summed E-state index contributed by atoms with van der Waals surface area (Å²) in [6.07, 6.45) is 4.82. The van der Waals surface area contributed by atoms with Crippen molar-refractivity contribution < 1.29 is 14.7 Å². The molecule has 0 saturated heterocycles. The van der Waals surface area contributed by atoms with Gasteiger partial charge in [-0.2, -0.15) is 0 Å². The van der Waals surface area contributed by atoms with E-state index in [1.807, 2.05) is 18.2 Å². The van der Waals surface area contributed by atoms with Gasteiger partial charge in [-0.15, -0.1) is 0 Å². The second kappa shape index (κ2) is 8.13. The summed E-state index contributed by atoms with van der Waals surface area (Å²) in [6, 6.07) is 12.5. The Morgan fingerprint density at radius 1 is 1.15 bits per heavy atom. The SMILES string of the molecule is Nc1ccc(CC(C(=O)O)c2cn(CC(=O)Nc3ccccc3)cn2)cn1. The number of carboxylic acids is 1. The fourth-order valence-electron chi connectivity index (χ4n) is 2.64. The van der Waals surface area contributed by atoms with Crippen LogP contribution in [0.15, 0.2) is 61.2 Å². The number of anilines is 2. The molecule has 27 heavy (non-hydrogen) atoms. The minimum absolute atomic E-state index is 0.0393. The van der Waals surface area contributed by atoms with E-state index in [2.05, 4.69) is 15.3 Å². The lowest BCUT2D eigenvalue weighted by Crippen LogP contribution is -2.18. The third kappa shape index (κ3) is 4.91. The predicted molar refractivity (Wildman–Crippen MR) is 100 cm³/mol. The van der Waals surface area contributed by atoms with Gasteiger partial charge in [-0.3, -0.25) is 9.59 Å². The molecule has 1 amide bonds. The summed E-state index contributed by atoms with van der Waals surface area (Å²) in [6.45, 7) is 0.0393. The number of carbonyl (C=O) groups excluding carboxylic acids is 1.